The molecular formula is C15H15F2NO. The molecule has 100 valence electrons. The fourth-order valence-electron chi connectivity index (χ4n) is 1.73. The average Bonchev–Trinajstić information content (AvgIpc) is 2.34. The molecule has 0 saturated carbocycles. The quantitative estimate of drug-likeness (QED) is 0.829. The molecule has 0 saturated heterocycles. The van der Waals surface area contributed by atoms with Gasteiger partial charge in [0.2, 0.25) is 0 Å². The molecule has 0 atom stereocenters. The van der Waals surface area contributed by atoms with Crippen molar-refractivity contribution < 1.29 is 13.5 Å². The molecule has 0 aliphatic carbocycles. The maximum atomic E-state index is 13.6. The lowest BCUT2D eigenvalue weighted by molar-refractivity contribution is 0.407. The van der Waals surface area contributed by atoms with Crippen LogP contribution in [0.4, 0.5) is 14.5 Å². The fraction of sp³-hybridized carbons (Fsp3) is 0.200. The Morgan fingerprint density at radius 1 is 1.05 bits per heavy atom. The van der Waals surface area contributed by atoms with Crippen molar-refractivity contribution in [3.63, 3.8) is 0 Å². The standard InChI is InChI=1S/C15H15F2NO/c1-9(2)10-4-3-5-12(6-10)19-15-13(16)7-11(18)8-14(15)17/h3-9H,18H2,1-2H3. The van der Waals surface area contributed by atoms with Crippen LogP contribution in [-0.4, -0.2) is 0 Å². The topological polar surface area (TPSA) is 35.2 Å². The zero-order valence-corrected chi connectivity index (χ0v) is 10.8. The molecule has 2 aromatic carbocycles. The van der Waals surface area contributed by atoms with E-state index in [1.54, 1.807) is 18.2 Å². The minimum Gasteiger partial charge on any atom is -0.451 e. The molecule has 2 N–H and O–H groups in total. The van der Waals surface area contributed by atoms with Crippen molar-refractivity contribution in [2.24, 2.45) is 0 Å². The van der Waals surface area contributed by atoms with Crippen LogP contribution < -0.4 is 10.5 Å². The van der Waals surface area contributed by atoms with Gasteiger partial charge in [0, 0.05) is 17.8 Å². The first kappa shape index (κ1) is 13.3. The average molecular weight is 263 g/mol. The molecule has 19 heavy (non-hydrogen) atoms. The Morgan fingerprint density at radius 3 is 2.26 bits per heavy atom. The van der Waals surface area contributed by atoms with Crippen LogP contribution in [0.2, 0.25) is 0 Å². The fourth-order valence-corrected chi connectivity index (χ4v) is 1.73. The molecule has 2 nitrogen and oxygen atoms in total. The molecule has 0 bridgehead atoms. The summed E-state index contributed by atoms with van der Waals surface area (Å²) in [6.45, 7) is 4.06. The lowest BCUT2D eigenvalue weighted by Gasteiger charge is -2.11. The summed E-state index contributed by atoms with van der Waals surface area (Å²) in [5, 5.41) is 0. The summed E-state index contributed by atoms with van der Waals surface area (Å²) in [5.74, 6) is -1.35. The number of halogens is 2. The first-order valence-electron chi connectivity index (χ1n) is 5.99. The predicted octanol–water partition coefficient (Wildman–Crippen LogP) is 4.46. The van der Waals surface area contributed by atoms with Crippen molar-refractivity contribution in [2.75, 3.05) is 5.73 Å². The highest BCUT2D eigenvalue weighted by Gasteiger charge is 2.13. The Bertz CT molecular complexity index is 573. The molecule has 2 rings (SSSR count). The van der Waals surface area contributed by atoms with Gasteiger partial charge in [-0.15, -0.1) is 0 Å². The van der Waals surface area contributed by atoms with Crippen molar-refractivity contribution in [2.45, 2.75) is 19.8 Å². The largest absolute Gasteiger partial charge is 0.451 e. The number of hydrogen-bond acceptors (Lipinski definition) is 2. The summed E-state index contributed by atoms with van der Waals surface area (Å²) in [4.78, 5) is 0. The van der Waals surface area contributed by atoms with Gasteiger partial charge in [-0.25, -0.2) is 8.78 Å². The first-order chi connectivity index (χ1) is 8.97. The summed E-state index contributed by atoms with van der Waals surface area (Å²) in [5.41, 5.74) is 6.41. The molecule has 0 fully saturated rings. The summed E-state index contributed by atoms with van der Waals surface area (Å²) in [7, 11) is 0. The summed E-state index contributed by atoms with van der Waals surface area (Å²) >= 11 is 0. The van der Waals surface area contributed by atoms with Crippen LogP contribution in [0, 0.1) is 11.6 Å². The lowest BCUT2D eigenvalue weighted by Crippen LogP contribution is -1.96. The highest BCUT2D eigenvalue weighted by molar-refractivity contribution is 5.45. The van der Waals surface area contributed by atoms with Crippen LogP contribution in [0.1, 0.15) is 25.3 Å². The van der Waals surface area contributed by atoms with Gasteiger partial charge in [-0.2, -0.15) is 0 Å². The summed E-state index contributed by atoms with van der Waals surface area (Å²) in [6.07, 6.45) is 0. The van der Waals surface area contributed by atoms with Gasteiger partial charge in [0.15, 0.2) is 17.4 Å². The van der Waals surface area contributed by atoms with Gasteiger partial charge >= 0.3 is 0 Å². The number of rotatable bonds is 3. The third kappa shape index (κ3) is 3.02. The van der Waals surface area contributed by atoms with Crippen molar-refractivity contribution >= 4 is 5.69 Å². The molecule has 0 aromatic heterocycles. The Labute approximate surface area is 110 Å². The third-order valence-electron chi connectivity index (χ3n) is 2.77. The van der Waals surface area contributed by atoms with Crippen molar-refractivity contribution in [3.05, 3.63) is 53.6 Å². The molecular weight excluding hydrogens is 248 g/mol. The normalized spacial score (nSPS) is 10.8. The van der Waals surface area contributed by atoms with Crippen molar-refractivity contribution in [1.82, 2.24) is 0 Å². The monoisotopic (exact) mass is 263 g/mol. The van der Waals surface area contributed by atoms with Gasteiger partial charge in [0.25, 0.3) is 0 Å². The second-order valence-electron chi connectivity index (χ2n) is 4.64. The van der Waals surface area contributed by atoms with Gasteiger partial charge in [0.05, 0.1) is 0 Å². The molecule has 2 aromatic rings. The van der Waals surface area contributed by atoms with E-state index in [9.17, 15) is 8.78 Å². The van der Waals surface area contributed by atoms with Crippen molar-refractivity contribution in [3.8, 4) is 11.5 Å². The van der Waals surface area contributed by atoms with Crippen molar-refractivity contribution in [1.29, 1.82) is 0 Å². The van der Waals surface area contributed by atoms with Crippen LogP contribution in [0.25, 0.3) is 0 Å². The molecule has 4 heteroatoms. The number of ether oxygens (including phenoxy) is 1. The summed E-state index contributed by atoms with van der Waals surface area (Å²) in [6, 6.07) is 9.21. The Morgan fingerprint density at radius 2 is 1.68 bits per heavy atom. The smallest absolute Gasteiger partial charge is 0.198 e. The Balaban J connectivity index is 2.34. The Hall–Kier alpha value is -2.10. The minimum absolute atomic E-state index is 0.0262. The summed E-state index contributed by atoms with van der Waals surface area (Å²) < 4.78 is 32.5. The van der Waals surface area contributed by atoms with Gasteiger partial charge in [-0.1, -0.05) is 26.0 Å². The number of anilines is 1. The first-order valence-corrected chi connectivity index (χ1v) is 5.99. The molecule has 0 heterocycles. The third-order valence-corrected chi connectivity index (χ3v) is 2.77. The number of nitrogens with two attached hydrogens (primary N) is 1. The number of benzene rings is 2. The van der Waals surface area contributed by atoms with E-state index in [0.717, 1.165) is 17.7 Å². The molecule has 0 aliphatic rings. The maximum Gasteiger partial charge on any atom is 0.198 e. The number of nitrogen functional groups attached to an aromatic ring is 1. The van der Waals surface area contributed by atoms with E-state index < -0.39 is 17.4 Å². The highest BCUT2D eigenvalue weighted by Crippen LogP contribution is 2.30. The van der Waals surface area contributed by atoms with Gasteiger partial charge in [-0.05, 0) is 23.6 Å². The predicted molar refractivity (Wildman–Crippen MR) is 71.4 cm³/mol. The molecule has 0 spiro atoms. The highest BCUT2D eigenvalue weighted by atomic mass is 19.1. The van der Waals surface area contributed by atoms with E-state index in [0.29, 0.717) is 11.7 Å². The van der Waals surface area contributed by atoms with Crippen LogP contribution in [-0.2, 0) is 0 Å². The second kappa shape index (κ2) is 5.26. The minimum atomic E-state index is -0.813. The van der Waals surface area contributed by atoms with Gasteiger partial charge in [-0.3, -0.25) is 0 Å². The lowest BCUT2D eigenvalue weighted by atomic mass is 10.0. The maximum absolute atomic E-state index is 13.6. The van der Waals surface area contributed by atoms with E-state index in [1.165, 1.54) is 0 Å². The van der Waals surface area contributed by atoms with E-state index in [-0.39, 0.29) is 5.69 Å². The van der Waals surface area contributed by atoms with Crippen LogP contribution >= 0.6 is 0 Å². The van der Waals surface area contributed by atoms with Crippen LogP contribution in [0.5, 0.6) is 11.5 Å². The van der Waals surface area contributed by atoms with Crippen LogP contribution in [0.3, 0.4) is 0 Å². The van der Waals surface area contributed by atoms with E-state index in [1.807, 2.05) is 19.9 Å². The molecule has 0 amide bonds. The van der Waals surface area contributed by atoms with E-state index in [4.69, 9.17) is 10.5 Å². The van der Waals surface area contributed by atoms with Gasteiger partial charge < -0.3 is 10.5 Å². The molecule has 0 unspecified atom stereocenters. The van der Waals surface area contributed by atoms with E-state index >= 15 is 0 Å². The SMILES string of the molecule is CC(C)c1cccc(Oc2c(F)cc(N)cc2F)c1. The number of hydrogen-bond donors (Lipinski definition) is 1. The van der Waals surface area contributed by atoms with Crippen LogP contribution in [0.15, 0.2) is 36.4 Å². The van der Waals surface area contributed by atoms with Gasteiger partial charge in [0.1, 0.15) is 5.75 Å². The molecule has 0 aliphatic heterocycles. The Kier molecular flexibility index (Phi) is 3.69. The zero-order chi connectivity index (χ0) is 14.0. The second-order valence-corrected chi connectivity index (χ2v) is 4.64. The molecule has 0 radical (unpaired) electrons. The zero-order valence-electron chi connectivity index (χ0n) is 10.8. The van der Waals surface area contributed by atoms with E-state index in [2.05, 4.69) is 0 Å².